The minimum absolute atomic E-state index is 0.0124. The number of methoxy groups -OCH3 is 2. The lowest BCUT2D eigenvalue weighted by molar-refractivity contribution is -0.139. The van der Waals surface area contributed by atoms with Crippen molar-refractivity contribution in [1.82, 2.24) is 14.8 Å². The molecule has 1 aromatic heterocycles. The number of carbonyl (C=O) groups is 3. The number of rotatable bonds is 8. The Kier molecular flexibility index (Phi) is 7.46. The number of benzene rings is 1. The van der Waals surface area contributed by atoms with Crippen LogP contribution in [0.2, 0.25) is 0 Å². The number of aliphatic hydroxyl groups excluding tert-OH is 1. The summed E-state index contributed by atoms with van der Waals surface area (Å²) in [6, 6.07) is 6.27. The quantitative estimate of drug-likeness (QED) is 0.265. The number of amides is 1. The van der Waals surface area contributed by atoms with Crippen LogP contribution in [0.1, 0.15) is 45.3 Å². The molecule has 0 saturated carbocycles. The summed E-state index contributed by atoms with van der Waals surface area (Å²) in [4.78, 5) is 44.8. The molecule has 9 heteroatoms. The van der Waals surface area contributed by atoms with Crippen LogP contribution in [0.25, 0.3) is 5.76 Å². The van der Waals surface area contributed by atoms with Crippen molar-refractivity contribution < 1.29 is 29.0 Å². The van der Waals surface area contributed by atoms with Gasteiger partial charge in [-0.2, -0.15) is 0 Å². The summed E-state index contributed by atoms with van der Waals surface area (Å²) < 4.78 is 10.0. The van der Waals surface area contributed by atoms with Gasteiger partial charge in [-0.25, -0.2) is 4.79 Å². The van der Waals surface area contributed by atoms with E-state index in [-0.39, 0.29) is 17.0 Å². The largest absolute Gasteiger partial charge is 0.507 e. The number of nitrogens with zero attached hydrogens (tertiary/aromatic N) is 2. The topological polar surface area (TPSA) is 112 Å². The van der Waals surface area contributed by atoms with Crippen LogP contribution >= 0.6 is 0 Å². The maximum Gasteiger partial charge on any atom is 0.354 e. The van der Waals surface area contributed by atoms with Gasteiger partial charge in [0.25, 0.3) is 11.7 Å². The summed E-state index contributed by atoms with van der Waals surface area (Å²) in [5.41, 5.74) is 2.08. The molecule has 1 aliphatic heterocycles. The maximum atomic E-state index is 13.2. The number of aromatic nitrogens is 1. The van der Waals surface area contributed by atoms with E-state index < -0.39 is 23.7 Å². The zero-order chi connectivity index (χ0) is 25.2. The van der Waals surface area contributed by atoms with Crippen LogP contribution in [-0.4, -0.2) is 79.0 Å². The summed E-state index contributed by atoms with van der Waals surface area (Å²) in [6.45, 7) is 4.41. The van der Waals surface area contributed by atoms with Gasteiger partial charge >= 0.3 is 5.97 Å². The molecule has 1 atom stereocenters. The molecule has 0 bridgehead atoms. The third kappa shape index (κ3) is 4.56. The predicted octanol–water partition coefficient (Wildman–Crippen LogP) is 2.80. The molecule has 182 valence electrons. The number of aryl methyl sites for hydroxylation is 1. The Morgan fingerprint density at radius 1 is 1.15 bits per heavy atom. The van der Waals surface area contributed by atoms with Crippen molar-refractivity contribution in [1.29, 1.82) is 0 Å². The Bertz CT molecular complexity index is 1130. The Morgan fingerprint density at radius 2 is 1.79 bits per heavy atom. The van der Waals surface area contributed by atoms with Crippen LogP contribution in [0.15, 0.2) is 29.8 Å². The normalized spacial score (nSPS) is 17.5. The Morgan fingerprint density at radius 3 is 2.35 bits per heavy atom. The third-order valence-electron chi connectivity index (χ3n) is 6.04. The second-order valence-corrected chi connectivity index (χ2v) is 8.54. The SMILES string of the molecule is COC(=O)c1[nH]c(C)c(C(O)=C2C(=O)C(=O)N(CCCN(C)C)[C@@H]2c2ccc(OC)cc2)c1C. The van der Waals surface area contributed by atoms with Crippen LogP contribution in [-0.2, 0) is 14.3 Å². The van der Waals surface area contributed by atoms with Crippen LogP contribution in [0.5, 0.6) is 5.75 Å². The summed E-state index contributed by atoms with van der Waals surface area (Å²) in [5.74, 6) is -1.71. The number of aliphatic hydroxyl groups is 1. The number of ether oxygens (including phenoxy) is 2. The fraction of sp³-hybridized carbons (Fsp3) is 0.400. The first-order chi connectivity index (χ1) is 16.1. The van der Waals surface area contributed by atoms with Crippen LogP contribution < -0.4 is 4.74 Å². The van der Waals surface area contributed by atoms with Crippen molar-refractivity contribution >= 4 is 23.4 Å². The number of carbonyl (C=O) groups excluding carboxylic acids is 3. The molecule has 0 radical (unpaired) electrons. The summed E-state index contributed by atoms with van der Waals surface area (Å²) in [5, 5.41) is 11.4. The standard InChI is InChI=1S/C25H31N3O6/c1-14-18(15(2)26-20(14)25(32)34-6)22(29)19-21(16-8-10-17(33-5)11-9-16)28(24(31)23(19)30)13-7-12-27(3)4/h8-11,21,26,29H,7,12-13H2,1-6H3/t21-/m1/s1. The van der Waals surface area contributed by atoms with Crippen LogP contribution in [0, 0.1) is 13.8 Å². The number of likely N-dealkylation sites (tertiary alicyclic amines) is 1. The van der Waals surface area contributed by atoms with Crippen molar-refractivity contribution in [2.24, 2.45) is 0 Å². The fourth-order valence-electron chi connectivity index (χ4n) is 4.35. The highest BCUT2D eigenvalue weighted by Gasteiger charge is 2.46. The molecule has 0 spiro atoms. The first kappa shape index (κ1) is 25.0. The molecule has 0 aliphatic carbocycles. The zero-order valence-electron chi connectivity index (χ0n) is 20.4. The second kappa shape index (κ2) is 10.1. The van der Waals surface area contributed by atoms with Crippen molar-refractivity contribution in [3.05, 3.63) is 57.9 Å². The molecule has 1 fully saturated rings. The molecule has 1 saturated heterocycles. The van der Waals surface area contributed by atoms with Crippen molar-refractivity contribution in [3.63, 3.8) is 0 Å². The van der Waals surface area contributed by atoms with Gasteiger partial charge in [0.2, 0.25) is 0 Å². The highest BCUT2D eigenvalue weighted by molar-refractivity contribution is 6.46. The molecule has 0 unspecified atom stereocenters. The summed E-state index contributed by atoms with van der Waals surface area (Å²) in [6.07, 6.45) is 0.654. The molecular formula is C25H31N3O6. The molecule has 1 aromatic carbocycles. The van der Waals surface area contributed by atoms with E-state index in [0.29, 0.717) is 41.1 Å². The van der Waals surface area contributed by atoms with Crippen molar-refractivity contribution in [2.45, 2.75) is 26.3 Å². The number of H-pyrrole nitrogens is 1. The Hall–Kier alpha value is -3.59. The van der Waals surface area contributed by atoms with Gasteiger partial charge in [0, 0.05) is 17.8 Å². The number of Topliss-reactive ketones (excluding diaryl/α,β-unsaturated/α-hetero) is 1. The van der Waals surface area contributed by atoms with E-state index >= 15 is 0 Å². The molecule has 3 rings (SSSR count). The summed E-state index contributed by atoms with van der Waals surface area (Å²) in [7, 11) is 6.69. The number of nitrogens with one attached hydrogen (secondary N) is 1. The van der Waals surface area contributed by atoms with Crippen molar-refractivity contribution in [3.8, 4) is 5.75 Å². The first-order valence-corrected chi connectivity index (χ1v) is 11.0. The molecule has 1 aliphatic rings. The minimum Gasteiger partial charge on any atom is -0.507 e. The lowest BCUT2D eigenvalue weighted by atomic mass is 9.94. The van der Waals surface area contributed by atoms with E-state index in [2.05, 4.69) is 4.98 Å². The number of hydrogen-bond donors (Lipinski definition) is 2. The molecule has 2 heterocycles. The van der Waals surface area contributed by atoms with Gasteiger partial charge < -0.3 is 29.4 Å². The van der Waals surface area contributed by atoms with E-state index in [1.807, 2.05) is 19.0 Å². The van der Waals surface area contributed by atoms with Crippen molar-refractivity contribution in [2.75, 3.05) is 41.4 Å². The highest BCUT2D eigenvalue weighted by Crippen LogP contribution is 2.41. The predicted molar refractivity (Wildman–Crippen MR) is 127 cm³/mol. The Balaban J connectivity index is 2.17. The zero-order valence-corrected chi connectivity index (χ0v) is 20.4. The molecule has 2 N–H and O–H groups in total. The average Bonchev–Trinajstić information content (AvgIpc) is 3.25. The number of ketones is 1. The first-order valence-electron chi connectivity index (χ1n) is 11.0. The minimum atomic E-state index is -0.775. The van der Waals surface area contributed by atoms with E-state index in [4.69, 9.17) is 9.47 Å². The highest BCUT2D eigenvalue weighted by atomic mass is 16.5. The van der Waals surface area contributed by atoms with E-state index in [1.165, 1.54) is 12.0 Å². The monoisotopic (exact) mass is 469 g/mol. The molecule has 1 amide bonds. The fourth-order valence-corrected chi connectivity index (χ4v) is 4.35. The lowest BCUT2D eigenvalue weighted by Gasteiger charge is -2.26. The molecular weight excluding hydrogens is 438 g/mol. The summed E-state index contributed by atoms with van der Waals surface area (Å²) >= 11 is 0. The lowest BCUT2D eigenvalue weighted by Crippen LogP contribution is -2.32. The van der Waals surface area contributed by atoms with Gasteiger partial charge in [-0.1, -0.05) is 12.1 Å². The Labute approximate surface area is 199 Å². The molecule has 9 nitrogen and oxygen atoms in total. The second-order valence-electron chi connectivity index (χ2n) is 8.54. The van der Waals surface area contributed by atoms with Gasteiger partial charge in [0.05, 0.1) is 25.8 Å². The van der Waals surface area contributed by atoms with E-state index in [0.717, 1.165) is 6.54 Å². The third-order valence-corrected chi connectivity index (χ3v) is 6.04. The van der Waals surface area contributed by atoms with Crippen LogP contribution in [0.3, 0.4) is 0 Å². The molecule has 2 aromatic rings. The van der Waals surface area contributed by atoms with Gasteiger partial charge in [-0.3, -0.25) is 9.59 Å². The average molecular weight is 470 g/mol. The number of hydrogen-bond acceptors (Lipinski definition) is 7. The van der Waals surface area contributed by atoms with Crippen LogP contribution in [0.4, 0.5) is 0 Å². The number of aromatic amines is 1. The van der Waals surface area contributed by atoms with Gasteiger partial charge in [0.1, 0.15) is 17.2 Å². The van der Waals surface area contributed by atoms with Gasteiger partial charge in [0.15, 0.2) is 0 Å². The molecule has 34 heavy (non-hydrogen) atoms. The smallest absolute Gasteiger partial charge is 0.354 e. The van der Waals surface area contributed by atoms with E-state index in [1.54, 1.807) is 45.2 Å². The maximum absolute atomic E-state index is 13.2. The number of esters is 1. The van der Waals surface area contributed by atoms with Gasteiger partial charge in [-0.15, -0.1) is 0 Å². The van der Waals surface area contributed by atoms with Gasteiger partial charge in [-0.05, 0) is 64.2 Å². The van der Waals surface area contributed by atoms with E-state index in [9.17, 15) is 19.5 Å².